The first-order chi connectivity index (χ1) is 10.0. The third kappa shape index (κ3) is 3.44. The van der Waals surface area contributed by atoms with Crippen LogP contribution in [0, 0.1) is 10.1 Å². The lowest BCUT2D eigenvalue weighted by Crippen LogP contribution is -2.06. The average molecular weight is 291 g/mol. The van der Waals surface area contributed by atoms with Crippen molar-refractivity contribution in [2.75, 3.05) is 7.11 Å². The third-order valence-electron chi connectivity index (χ3n) is 2.72. The van der Waals surface area contributed by atoms with E-state index >= 15 is 0 Å². The molecule has 0 atom stereocenters. The van der Waals surface area contributed by atoms with Crippen molar-refractivity contribution >= 4 is 11.7 Å². The summed E-state index contributed by atoms with van der Waals surface area (Å²) in [6, 6.07) is 5.78. The number of aromatic nitrogens is 2. The van der Waals surface area contributed by atoms with Crippen molar-refractivity contribution in [2.24, 2.45) is 7.05 Å². The van der Waals surface area contributed by atoms with E-state index in [1.54, 1.807) is 24.0 Å². The van der Waals surface area contributed by atoms with Gasteiger partial charge in [-0.2, -0.15) is 5.10 Å². The van der Waals surface area contributed by atoms with Gasteiger partial charge >= 0.3 is 5.97 Å². The fourth-order valence-corrected chi connectivity index (χ4v) is 1.79. The van der Waals surface area contributed by atoms with E-state index in [1.807, 2.05) is 13.8 Å². The highest BCUT2D eigenvalue weighted by atomic mass is 16.6. The van der Waals surface area contributed by atoms with Crippen molar-refractivity contribution in [3.63, 3.8) is 0 Å². The molecule has 0 amide bonds. The van der Waals surface area contributed by atoms with Crippen molar-refractivity contribution in [1.82, 2.24) is 9.78 Å². The average Bonchev–Trinajstić information content (AvgIpc) is 2.93. The van der Waals surface area contributed by atoms with Crippen LogP contribution in [0.2, 0.25) is 0 Å². The van der Waals surface area contributed by atoms with Crippen molar-refractivity contribution in [1.29, 1.82) is 0 Å². The van der Waals surface area contributed by atoms with Gasteiger partial charge in [0.1, 0.15) is 0 Å². The molecule has 21 heavy (non-hydrogen) atoms. The smallest absolute Gasteiger partial charge is 0.338 e. The molecule has 0 aliphatic carbocycles. The van der Waals surface area contributed by atoms with Crippen LogP contribution >= 0.6 is 0 Å². The quantitative estimate of drug-likeness (QED) is 0.493. The second-order valence-electron chi connectivity index (χ2n) is 3.82. The van der Waals surface area contributed by atoms with Gasteiger partial charge in [0.15, 0.2) is 0 Å². The number of rotatable bonds is 3. The Morgan fingerprint density at radius 1 is 1.33 bits per heavy atom. The van der Waals surface area contributed by atoms with Gasteiger partial charge in [-0.15, -0.1) is 0 Å². The van der Waals surface area contributed by atoms with E-state index < -0.39 is 10.9 Å². The summed E-state index contributed by atoms with van der Waals surface area (Å²) in [5, 5.41) is 14.8. The van der Waals surface area contributed by atoms with Crippen LogP contribution in [0.3, 0.4) is 0 Å². The minimum atomic E-state index is -0.625. The number of ether oxygens (including phenoxy) is 1. The summed E-state index contributed by atoms with van der Waals surface area (Å²) in [4.78, 5) is 21.9. The molecule has 0 fully saturated rings. The molecule has 0 spiro atoms. The number of aryl methyl sites for hydroxylation is 1. The molecular formula is C14H17N3O4. The van der Waals surface area contributed by atoms with Gasteiger partial charge in [-0.25, -0.2) is 4.79 Å². The maximum atomic E-state index is 11.7. The van der Waals surface area contributed by atoms with E-state index in [0.717, 1.165) is 0 Å². The molecule has 7 heteroatoms. The van der Waals surface area contributed by atoms with Gasteiger partial charge in [-0.1, -0.05) is 13.8 Å². The molecule has 0 N–H and O–H groups in total. The Labute approximate surface area is 122 Å². The van der Waals surface area contributed by atoms with Gasteiger partial charge < -0.3 is 4.74 Å². The fraction of sp³-hybridized carbons (Fsp3) is 0.286. The van der Waals surface area contributed by atoms with Gasteiger partial charge in [-0.3, -0.25) is 14.8 Å². The fourth-order valence-electron chi connectivity index (χ4n) is 1.79. The predicted molar refractivity (Wildman–Crippen MR) is 78.0 cm³/mol. The molecule has 0 saturated heterocycles. The van der Waals surface area contributed by atoms with Crippen molar-refractivity contribution in [2.45, 2.75) is 13.8 Å². The summed E-state index contributed by atoms with van der Waals surface area (Å²) in [5.74, 6) is -0.625. The van der Waals surface area contributed by atoms with Crippen LogP contribution < -0.4 is 0 Å². The van der Waals surface area contributed by atoms with Crippen molar-refractivity contribution in [3.8, 4) is 11.3 Å². The van der Waals surface area contributed by atoms with Crippen LogP contribution in [0.1, 0.15) is 24.2 Å². The Morgan fingerprint density at radius 2 is 2.00 bits per heavy atom. The number of non-ortho nitro benzene ring substituents is 1. The maximum absolute atomic E-state index is 11.7. The summed E-state index contributed by atoms with van der Waals surface area (Å²) in [5.41, 5.74) is 1.19. The maximum Gasteiger partial charge on any atom is 0.338 e. The largest absolute Gasteiger partial charge is 0.465 e. The Morgan fingerprint density at radius 3 is 2.48 bits per heavy atom. The zero-order valence-corrected chi connectivity index (χ0v) is 12.4. The lowest BCUT2D eigenvalue weighted by molar-refractivity contribution is -0.384. The number of methoxy groups -OCH3 is 1. The Balaban J connectivity index is 0.00000106. The monoisotopic (exact) mass is 291 g/mol. The lowest BCUT2D eigenvalue weighted by atomic mass is 10.0. The highest BCUT2D eigenvalue weighted by molar-refractivity contribution is 5.97. The Kier molecular flexibility index (Phi) is 5.59. The summed E-state index contributed by atoms with van der Waals surface area (Å²) < 4.78 is 6.24. The summed E-state index contributed by atoms with van der Waals surface area (Å²) in [6.45, 7) is 4.00. The first-order valence-corrected chi connectivity index (χ1v) is 6.39. The van der Waals surface area contributed by atoms with Gasteiger partial charge in [0, 0.05) is 30.9 Å². The van der Waals surface area contributed by atoms with Crippen molar-refractivity contribution < 1.29 is 14.5 Å². The molecular weight excluding hydrogens is 274 g/mol. The number of carbonyl (C=O) groups is 1. The zero-order chi connectivity index (χ0) is 16.0. The van der Waals surface area contributed by atoms with E-state index in [0.29, 0.717) is 11.3 Å². The third-order valence-corrected chi connectivity index (χ3v) is 2.72. The Bertz CT molecular complexity index is 649. The summed E-state index contributed by atoms with van der Waals surface area (Å²) >= 11 is 0. The number of carbonyl (C=O) groups excluding carboxylic acids is 1. The first-order valence-electron chi connectivity index (χ1n) is 6.39. The molecule has 1 aromatic carbocycles. The number of esters is 1. The summed E-state index contributed by atoms with van der Waals surface area (Å²) in [6.07, 6.45) is 1.58. The van der Waals surface area contributed by atoms with E-state index in [1.165, 1.54) is 25.3 Å². The predicted octanol–water partition coefficient (Wildman–Crippen LogP) is 2.81. The molecule has 2 rings (SSSR count). The minimum Gasteiger partial charge on any atom is -0.465 e. The van der Waals surface area contributed by atoms with Crippen molar-refractivity contribution in [3.05, 3.63) is 46.1 Å². The molecule has 0 radical (unpaired) electrons. The number of nitro groups is 1. The highest BCUT2D eigenvalue weighted by Gasteiger charge is 2.19. The van der Waals surface area contributed by atoms with Crippen LogP contribution in [0.15, 0.2) is 30.5 Å². The van der Waals surface area contributed by atoms with Gasteiger partial charge in [0.25, 0.3) is 5.69 Å². The molecule has 1 aromatic heterocycles. The van der Waals surface area contributed by atoms with Gasteiger partial charge in [0.05, 0.1) is 23.3 Å². The van der Waals surface area contributed by atoms with E-state index in [-0.39, 0.29) is 11.3 Å². The first kappa shape index (κ1) is 16.4. The second kappa shape index (κ2) is 7.18. The number of hydrogen-bond donors (Lipinski definition) is 0. The number of nitrogens with zero attached hydrogens (tertiary/aromatic N) is 3. The molecule has 7 nitrogen and oxygen atoms in total. The van der Waals surface area contributed by atoms with Crippen LogP contribution in [0.5, 0.6) is 0 Å². The summed E-state index contributed by atoms with van der Waals surface area (Å²) in [7, 11) is 2.95. The molecule has 2 aromatic rings. The Hall–Kier alpha value is -2.70. The molecule has 0 saturated carbocycles. The van der Waals surface area contributed by atoms with E-state index in [4.69, 9.17) is 0 Å². The molecule has 0 aliphatic rings. The molecule has 0 aliphatic heterocycles. The van der Waals surface area contributed by atoms with Crippen LogP contribution in [-0.4, -0.2) is 27.8 Å². The molecule has 0 bridgehead atoms. The number of nitro benzene ring substituents is 1. The molecule has 0 unspecified atom stereocenters. The lowest BCUT2D eigenvalue weighted by Gasteiger charge is -2.08. The zero-order valence-electron chi connectivity index (χ0n) is 12.4. The number of benzene rings is 1. The minimum absolute atomic E-state index is 0.139. The highest BCUT2D eigenvalue weighted by Crippen LogP contribution is 2.27. The van der Waals surface area contributed by atoms with Gasteiger partial charge in [0.2, 0.25) is 0 Å². The standard InChI is InChI=1S/C12H11N3O4.C2H6/c1-14-11(5-6-13-14)9-4-3-8(15(17)18)7-10(9)12(16)19-2;1-2/h3-7H,1-2H3;1-2H3. The van der Waals surface area contributed by atoms with E-state index in [9.17, 15) is 14.9 Å². The van der Waals surface area contributed by atoms with Crippen LogP contribution in [-0.2, 0) is 11.8 Å². The second-order valence-corrected chi connectivity index (χ2v) is 3.82. The van der Waals surface area contributed by atoms with Gasteiger partial charge in [-0.05, 0) is 12.1 Å². The number of hydrogen-bond acceptors (Lipinski definition) is 5. The molecule has 112 valence electrons. The van der Waals surface area contributed by atoms with E-state index in [2.05, 4.69) is 9.84 Å². The SMILES string of the molecule is CC.COC(=O)c1cc([N+](=O)[O-])ccc1-c1ccnn1C. The molecule has 1 heterocycles. The van der Waals surface area contributed by atoms with Crippen LogP contribution in [0.4, 0.5) is 5.69 Å². The normalized spacial score (nSPS) is 9.52. The van der Waals surface area contributed by atoms with Crippen LogP contribution in [0.25, 0.3) is 11.3 Å². The topological polar surface area (TPSA) is 87.3 Å².